The van der Waals surface area contributed by atoms with Crippen LogP contribution in [0.15, 0.2) is 0 Å². The van der Waals surface area contributed by atoms with Crippen molar-refractivity contribution in [2.24, 2.45) is 5.73 Å². The van der Waals surface area contributed by atoms with Crippen molar-refractivity contribution < 1.29 is 4.79 Å². The molecule has 20 heavy (non-hydrogen) atoms. The molecule has 0 aromatic carbocycles. The largest absolute Gasteiger partial charge is 0.368 e. The highest BCUT2D eigenvalue weighted by Gasteiger charge is 2.34. The SMILES string of the molecule is CCCNC(C)(CC(C)N1CCN(CC)CC1)C(N)=O. The minimum absolute atomic E-state index is 0.245. The van der Waals surface area contributed by atoms with Gasteiger partial charge in [-0.3, -0.25) is 9.69 Å². The van der Waals surface area contributed by atoms with Crippen molar-refractivity contribution in [1.82, 2.24) is 15.1 Å². The van der Waals surface area contributed by atoms with Gasteiger partial charge in [0.05, 0.1) is 5.54 Å². The summed E-state index contributed by atoms with van der Waals surface area (Å²) in [5.74, 6) is -0.245. The van der Waals surface area contributed by atoms with Crippen LogP contribution in [0.1, 0.15) is 40.5 Å². The van der Waals surface area contributed by atoms with Crippen LogP contribution in [0.5, 0.6) is 0 Å². The number of nitrogens with zero attached hydrogens (tertiary/aromatic N) is 2. The molecule has 0 aromatic heterocycles. The van der Waals surface area contributed by atoms with Crippen molar-refractivity contribution in [2.75, 3.05) is 39.3 Å². The highest BCUT2D eigenvalue weighted by Crippen LogP contribution is 2.18. The molecule has 1 rings (SSSR count). The molecule has 0 aliphatic carbocycles. The van der Waals surface area contributed by atoms with Gasteiger partial charge in [-0.15, -0.1) is 0 Å². The Balaban J connectivity index is 2.53. The molecule has 5 nitrogen and oxygen atoms in total. The highest BCUT2D eigenvalue weighted by molar-refractivity contribution is 5.84. The van der Waals surface area contributed by atoms with E-state index in [1.54, 1.807) is 0 Å². The van der Waals surface area contributed by atoms with Crippen molar-refractivity contribution in [2.45, 2.75) is 52.1 Å². The molecule has 118 valence electrons. The van der Waals surface area contributed by atoms with Gasteiger partial charge in [0.1, 0.15) is 0 Å². The Morgan fingerprint density at radius 2 is 1.90 bits per heavy atom. The Hall–Kier alpha value is -0.650. The molecule has 1 amide bonds. The van der Waals surface area contributed by atoms with E-state index in [0.717, 1.165) is 52.1 Å². The Labute approximate surface area is 123 Å². The van der Waals surface area contributed by atoms with E-state index in [-0.39, 0.29) is 5.91 Å². The zero-order valence-electron chi connectivity index (χ0n) is 13.6. The molecule has 0 aromatic rings. The first kappa shape index (κ1) is 17.4. The van der Waals surface area contributed by atoms with Crippen LogP contribution < -0.4 is 11.1 Å². The fourth-order valence-electron chi connectivity index (χ4n) is 2.90. The first-order valence-corrected chi connectivity index (χ1v) is 7.94. The van der Waals surface area contributed by atoms with Crippen LogP contribution >= 0.6 is 0 Å². The normalized spacial score (nSPS) is 22.4. The van der Waals surface area contributed by atoms with E-state index < -0.39 is 5.54 Å². The van der Waals surface area contributed by atoms with Gasteiger partial charge in [-0.05, 0) is 39.8 Å². The Morgan fingerprint density at radius 3 is 2.35 bits per heavy atom. The van der Waals surface area contributed by atoms with Gasteiger partial charge >= 0.3 is 0 Å². The first-order chi connectivity index (χ1) is 9.42. The summed E-state index contributed by atoms with van der Waals surface area (Å²) < 4.78 is 0. The second kappa shape index (κ2) is 7.96. The van der Waals surface area contributed by atoms with Crippen LogP contribution in [0.4, 0.5) is 0 Å². The molecule has 1 fully saturated rings. The molecule has 2 atom stereocenters. The van der Waals surface area contributed by atoms with Crippen molar-refractivity contribution in [3.05, 3.63) is 0 Å². The quantitative estimate of drug-likeness (QED) is 0.687. The second-order valence-corrected chi connectivity index (χ2v) is 6.15. The van der Waals surface area contributed by atoms with Crippen LogP contribution in [0.3, 0.4) is 0 Å². The molecule has 0 radical (unpaired) electrons. The van der Waals surface area contributed by atoms with Gasteiger partial charge in [0.2, 0.25) is 5.91 Å². The number of piperazine rings is 1. The lowest BCUT2D eigenvalue weighted by Crippen LogP contribution is -2.58. The third-order valence-corrected chi connectivity index (χ3v) is 4.49. The third kappa shape index (κ3) is 4.72. The second-order valence-electron chi connectivity index (χ2n) is 6.15. The zero-order valence-corrected chi connectivity index (χ0v) is 13.6. The van der Waals surface area contributed by atoms with E-state index in [1.807, 2.05) is 6.92 Å². The molecule has 1 aliphatic heterocycles. The number of amides is 1. The number of primary amides is 1. The minimum Gasteiger partial charge on any atom is -0.368 e. The maximum absolute atomic E-state index is 11.8. The molecular weight excluding hydrogens is 252 g/mol. The van der Waals surface area contributed by atoms with Crippen LogP contribution in [-0.2, 0) is 4.79 Å². The number of nitrogens with two attached hydrogens (primary N) is 1. The molecule has 2 unspecified atom stereocenters. The molecule has 1 heterocycles. The number of likely N-dealkylation sites (N-methyl/N-ethyl adjacent to an activating group) is 1. The lowest BCUT2D eigenvalue weighted by Gasteiger charge is -2.40. The number of hydrogen-bond acceptors (Lipinski definition) is 4. The van der Waals surface area contributed by atoms with Crippen molar-refractivity contribution in [3.8, 4) is 0 Å². The Morgan fingerprint density at radius 1 is 1.30 bits per heavy atom. The number of hydrogen-bond donors (Lipinski definition) is 2. The topological polar surface area (TPSA) is 61.6 Å². The standard InChI is InChI=1S/C15H32N4O/c1-5-7-17-15(4,14(16)20)12-13(3)19-10-8-18(6-2)9-11-19/h13,17H,5-12H2,1-4H3,(H2,16,20). The monoisotopic (exact) mass is 284 g/mol. The fourth-order valence-corrected chi connectivity index (χ4v) is 2.90. The summed E-state index contributed by atoms with van der Waals surface area (Å²) in [6, 6.07) is 0.371. The number of nitrogens with one attached hydrogen (secondary N) is 1. The minimum atomic E-state index is -0.600. The van der Waals surface area contributed by atoms with E-state index >= 15 is 0 Å². The van der Waals surface area contributed by atoms with E-state index in [1.165, 1.54) is 0 Å². The van der Waals surface area contributed by atoms with E-state index in [2.05, 4.69) is 35.9 Å². The smallest absolute Gasteiger partial charge is 0.237 e. The van der Waals surface area contributed by atoms with Gasteiger partial charge in [0.25, 0.3) is 0 Å². The molecule has 1 saturated heterocycles. The summed E-state index contributed by atoms with van der Waals surface area (Å²) >= 11 is 0. The van der Waals surface area contributed by atoms with Gasteiger partial charge in [-0.1, -0.05) is 13.8 Å². The highest BCUT2D eigenvalue weighted by atomic mass is 16.1. The van der Waals surface area contributed by atoms with Crippen LogP contribution in [0.2, 0.25) is 0 Å². The average molecular weight is 284 g/mol. The van der Waals surface area contributed by atoms with E-state index in [4.69, 9.17) is 5.73 Å². The van der Waals surface area contributed by atoms with Gasteiger partial charge in [-0.25, -0.2) is 0 Å². The third-order valence-electron chi connectivity index (χ3n) is 4.49. The summed E-state index contributed by atoms with van der Waals surface area (Å²) in [6.07, 6.45) is 1.78. The first-order valence-electron chi connectivity index (χ1n) is 7.94. The summed E-state index contributed by atoms with van der Waals surface area (Å²) in [6.45, 7) is 14.8. The summed E-state index contributed by atoms with van der Waals surface area (Å²) in [4.78, 5) is 16.7. The number of rotatable bonds is 8. The molecule has 0 bridgehead atoms. The van der Waals surface area contributed by atoms with Crippen LogP contribution in [0, 0.1) is 0 Å². The van der Waals surface area contributed by atoms with Crippen LogP contribution in [0.25, 0.3) is 0 Å². The lowest BCUT2D eigenvalue weighted by atomic mass is 9.91. The predicted molar refractivity (Wildman–Crippen MR) is 83.7 cm³/mol. The Bertz CT molecular complexity index is 302. The Kier molecular flexibility index (Phi) is 6.92. The molecule has 0 spiro atoms. The summed E-state index contributed by atoms with van der Waals surface area (Å²) in [5.41, 5.74) is 5.01. The maximum atomic E-state index is 11.8. The van der Waals surface area contributed by atoms with Crippen molar-refractivity contribution in [3.63, 3.8) is 0 Å². The molecule has 3 N–H and O–H groups in total. The fraction of sp³-hybridized carbons (Fsp3) is 0.933. The van der Waals surface area contributed by atoms with Crippen molar-refractivity contribution in [1.29, 1.82) is 0 Å². The lowest BCUT2D eigenvalue weighted by molar-refractivity contribution is -0.124. The van der Waals surface area contributed by atoms with E-state index in [0.29, 0.717) is 6.04 Å². The molecular formula is C15H32N4O. The van der Waals surface area contributed by atoms with Crippen molar-refractivity contribution >= 4 is 5.91 Å². The summed E-state index contributed by atoms with van der Waals surface area (Å²) in [7, 11) is 0. The number of carbonyl (C=O) groups excluding carboxylic acids is 1. The summed E-state index contributed by atoms with van der Waals surface area (Å²) in [5, 5.41) is 3.32. The van der Waals surface area contributed by atoms with Gasteiger partial charge in [0, 0.05) is 32.2 Å². The zero-order chi connectivity index (χ0) is 15.2. The van der Waals surface area contributed by atoms with Crippen LogP contribution in [-0.4, -0.2) is 66.6 Å². The molecule has 5 heteroatoms. The average Bonchev–Trinajstić information content (AvgIpc) is 2.45. The van der Waals surface area contributed by atoms with E-state index in [9.17, 15) is 4.79 Å². The molecule has 0 saturated carbocycles. The molecule has 1 aliphatic rings. The predicted octanol–water partition coefficient (Wildman–Crippen LogP) is 0.646. The maximum Gasteiger partial charge on any atom is 0.237 e. The van der Waals surface area contributed by atoms with Gasteiger partial charge in [-0.2, -0.15) is 0 Å². The van der Waals surface area contributed by atoms with Gasteiger partial charge in [0.15, 0.2) is 0 Å². The number of carbonyl (C=O) groups is 1. The van der Waals surface area contributed by atoms with Gasteiger partial charge < -0.3 is 16.0 Å².